The van der Waals surface area contributed by atoms with E-state index in [-0.39, 0.29) is 5.91 Å². The molecular weight excluding hydrogens is 214 g/mol. The number of fused-ring (bicyclic) bond motifs is 1. The number of pyridine rings is 1. The molecule has 90 valence electrons. The number of nitrogens with zero attached hydrogens (tertiary/aromatic N) is 2. The first-order valence-corrected chi connectivity index (χ1v) is 5.87. The number of nitrogens with one attached hydrogen (secondary N) is 1. The molecule has 17 heavy (non-hydrogen) atoms. The minimum absolute atomic E-state index is 0.0191. The fraction of sp³-hybridized carbons (Fsp3) is 0.385. The highest BCUT2D eigenvalue weighted by Crippen LogP contribution is 2.06. The van der Waals surface area contributed by atoms with Crippen LogP contribution in [0.3, 0.4) is 0 Å². The van der Waals surface area contributed by atoms with E-state index in [2.05, 4.69) is 24.1 Å². The van der Waals surface area contributed by atoms with Gasteiger partial charge in [0.2, 0.25) is 0 Å². The molecule has 2 aromatic heterocycles. The minimum Gasteiger partial charge on any atom is -0.352 e. The lowest BCUT2D eigenvalue weighted by Gasteiger charge is -2.07. The van der Waals surface area contributed by atoms with Gasteiger partial charge in [0.05, 0.1) is 18.0 Å². The summed E-state index contributed by atoms with van der Waals surface area (Å²) in [4.78, 5) is 15.9. The van der Waals surface area contributed by atoms with Crippen LogP contribution in [0, 0.1) is 5.92 Å². The van der Waals surface area contributed by atoms with Crippen LogP contribution in [0.25, 0.3) is 5.52 Å². The van der Waals surface area contributed by atoms with E-state index in [1.807, 2.05) is 16.7 Å². The molecule has 4 nitrogen and oxygen atoms in total. The molecule has 1 amide bonds. The third kappa shape index (κ3) is 2.84. The maximum atomic E-state index is 11.9. The van der Waals surface area contributed by atoms with Crippen molar-refractivity contribution in [2.24, 2.45) is 5.92 Å². The summed E-state index contributed by atoms with van der Waals surface area (Å²) in [6.45, 7) is 5.01. The summed E-state index contributed by atoms with van der Waals surface area (Å²) < 4.78 is 1.88. The van der Waals surface area contributed by atoms with Crippen LogP contribution in [0.5, 0.6) is 0 Å². The summed E-state index contributed by atoms with van der Waals surface area (Å²) >= 11 is 0. The number of carbonyl (C=O) groups excluding carboxylic acids is 1. The van der Waals surface area contributed by atoms with Crippen LogP contribution in [0.4, 0.5) is 0 Å². The Labute approximate surface area is 101 Å². The van der Waals surface area contributed by atoms with Gasteiger partial charge in [-0.05, 0) is 24.5 Å². The van der Waals surface area contributed by atoms with E-state index in [9.17, 15) is 4.79 Å². The Kier molecular flexibility index (Phi) is 3.42. The Morgan fingerprint density at radius 1 is 1.53 bits per heavy atom. The third-order valence-electron chi connectivity index (χ3n) is 2.68. The smallest absolute Gasteiger partial charge is 0.251 e. The third-order valence-corrected chi connectivity index (χ3v) is 2.68. The van der Waals surface area contributed by atoms with Crippen LogP contribution < -0.4 is 5.32 Å². The van der Waals surface area contributed by atoms with Crippen LogP contribution in [0.1, 0.15) is 30.6 Å². The topological polar surface area (TPSA) is 46.4 Å². The highest BCUT2D eigenvalue weighted by Gasteiger charge is 2.06. The summed E-state index contributed by atoms with van der Waals surface area (Å²) in [7, 11) is 0. The predicted molar refractivity (Wildman–Crippen MR) is 67.0 cm³/mol. The molecule has 0 aliphatic heterocycles. The Morgan fingerprint density at radius 3 is 3.12 bits per heavy atom. The zero-order valence-corrected chi connectivity index (χ0v) is 10.2. The molecular formula is C13H17N3O. The number of carbonyl (C=O) groups is 1. The molecule has 2 aromatic rings. The number of aromatic nitrogens is 2. The molecule has 0 spiro atoms. The normalized spacial score (nSPS) is 11.0. The van der Waals surface area contributed by atoms with E-state index in [0.717, 1.165) is 18.5 Å². The molecule has 0 bridgehead atoms. The number of hydrogen-bond acceptors (Lipinski definition) is 2. The molecule has 0 aliphatic rings. The predicted octanol–water partition coefficient (Wildman–Crippen LogP) is 2.11. The van der Waals surface area contributed by atoms with Crippen molar-refractivity contribution in [1.82, 2.24) is 14.7 Å². The fourth-order valence-corrected chi connectivity index (χ4v) is 1.64. The fourth-order valence-electron chi connectivity index (χ4n) is 1.64. The van der Waals surface area contributed by atoms with Crippen molar-refractivity contribution >= 4 is 11.4 Å². The molecule has 0 aliphatic carbocycles. The standard InChI is InChI=1S/C13H17N3O/c1-10(2)3-5-15-13(17)11-4-6-16-9-14-8-12(16)7-11/h4,6-10H,3,5H2,1-2H3,(H,15,17). The van der Waals surface area contributed by atoms with Gasteiger partial charge in [0.1, 0.15) is 0 Å². The number of hydrogen-bond donors (Lipinski definition) is 1. The summed E-state index contributed by atoms with van der Waals surface area (Å²) in [6, 6.07) is 3.65. The second kappa shape index (κ2) is 4.99. The van der Waals surface area contributed by atoms with Crippen LogP contribution in [-0.4, -0.2) is 21.8 Å². The van der Waals surface area contributed by atoms with Crippen LogP contribution >= 0.6 is 0 Å². The van der Waals surface area contributed by atoms with Gasteiger partial charge in [-0.1, -0.05) is 13.8 Å². The Morgan fingerprint density at radius 2 is 2.35 bits per heavy atom. The first-order valence-electron chi connectivity index (χ1n) is 5.87. The zero-order valence-electron chi connectivity index (χ0n) is 10.2. The van der Waals surface area contributed by atoms with E-state index in [1.54, 1.807) is 18.6 Å². The Hall–Kier alpha value is -1.84. The van der Waals surface area contributed by atoms with Crippen molar-refractivity contribution in [1.29, 1.82) is 0 Å². The summed E-state index contributed by atoms with van der Waals surface area (Å²) in [5, 5.41) is 2.92. The van der Waals surface area contributed by atoms with Gasteiger partial charge < -0.3 is 9.72 Å². The molecule has 0 radical (unpaired) electrons. The Balaban J connectivity index is 2.03. The van der Waals surface area contributed by atoms with E-state index >= 15 is 0 Å². The van der Waals surface area contributed by atoms with Gasteiger partial charge in [0.15, 0.2) is 0 Å². The van der Waals surface area contributed by atoms with E-state index < -0.39 is 0 Å². The first kappa shape index (κ1) is 11.6. The molecule has 0 saturated heterocycles. The summed E-state index contributed by atoms with van der Waals surface area (Å²) in [6.07, 6.45) is 6.31. The second-order valence-electron chi connectivity index (χ2n) is 4.58. The lowest BCUT2D eigenvalue weighted by Crippen LogP contribution is -2.25. The largest absolute Gasteiger partial charge is 0.352 e. The van der Waals surface area contributed by atoms with Gasteiger partial charge in [0, 0.05) is 18.3 Å². The molecule has 2 heterocycles. The van der Waals surface area contributed by atoms with E-state index in [1.165, 1.54) is 0 Å². The molecule has 0 atom stereocenters. The van der Waals surface area contributed by atoms with Crippen LogP contribution in [-0.2, 0) is 0 Å². The van der Waals surface area contributed by atoms with Gasteiger partial charge >= 0.3 is 0 Å². The van der Waals surface area contributed by atoms with E-state index in [4.69, 9.17) is 0 Å². The maximum absolute atomic E-state index is 11.9. The van der Waals surface area contributed by atoms with Crippen LogP contribution in [0.15, 0.2) is 30.9 Å². The molecule has 0 fully saturated rings. The van der Waals surface area contributed by atoms with E-state index in [0.29, 0.717) is 11.5 Å². The Bertz CT molecular complexity index is 516. The van der Waals surface area contributed by atoms with Gasteiger partial charge in [-0.3, -0.25) is 4.79 Å². The molecule has 0 saturated carbocycles. The summed E-state index contributed by atoms with van der Waals surface area (Å²) in [5.74, 6) is 0.585. The zero-order chi connectivity index (χ0) is 12.3. The minimum atomic E-state index is -0.0191. The average Bonchev–Trinajstić information content (AvgIpc) is 2.75. The number of rotatable bonds is 4. The van der Waals surface area contributed by atoms with Crippen molar-refractivity contribution < 1.29 is 4.79 Å². The molecule has 4 heteroatoms. The first-order chi connectivity index (χ1) is 8.16. The average molecular weight is 231 g/mol. The van der Waals surface area contributed by atoms with Crippen molar-refractivity contribution in [2.75, 3.05) is 6.54 Å². The van der Waals surface area contributed by atoms with Crippen molar-refractivity contribution in [3.05, 3.63) is 36.4 Å². The van der Waals surface area contributed by atoms with Gasteiger partial charge in [-0.25, -0.2) is 4.98 Å². The lowest BCUT2D eigenvalue weighted by atomic mass is 10.1. The number of imidazole rings is 1. The highest BCUT2D eigenvalue weighted by molar-refractivity contribution is 5.95. The lowest BCUT2D eigenvalue weighted by molar-refractivity contribution is 0.0952. The second-order valence-corrected chi connectivity index (χ2v) is 4.58. The maximum Gasteiger partial charge on any atom is 0.251 e. The van der Waals surface area contributed by atoms with Crippen LogP contribution in [0.2, 0.25) is 0 Å². The van der Waals surface area contributed by atoms with Gasteiger partial charge in [-0.15, -0.1) is 0 Å². The number of amides is 1. The molecule has 2 rings (SSSR count). The quantitative estimate of drug-likeness (QED) is 0.876. The van der Waals surface area contributed by atoms with Crippen molar-refractivity contribution in [3.63, 3.8) is 0 Å². The van der Waals surface area contributed by atoms with Gasteiger partial charge in [0.25, 0.3) is 5.91 Å². The van der Waals surface area contributed by atoms with Gasteiger partial charge in [-0.2, -0.15) is 0 Å². The summed E-state index contributed by atoms with van der Waals surface area (Å²) in [5.41, 5.74) is 1.61. The highest BCUT2D eigenvalue weighted by atomic mass is 16.1. The molecule has 0 aromatic carbocycles. The molecule has 0 unspecified atom stereocenters. The monoisotopic (exact) mass is 231 g/mol. The SMILES string of the molecule is CC(C)CCNC(=O)c1ccn2cncc2c1. The van der Waals surface area contributed by atoms with Crippen molar-refractivity contribution in [3.8, 4) is 0 Å². The molecule has 1 N–H and O–H groups in total. The van der Waals surface area contributed by atoms with Crippen molar-refractivity contribution in [2.45, 2.75) is 20.3 Å².